The Morgan fingerprint density at radius 3 is 2.73 bits per heavy atom. The summed E-state index contributed by atoms with van der Waals surface area (Å²) in [5.41, 5.74) is -0.719. The van der Waals surface area contributed by atoms with E-state index < -0.39 is 5.60 Å². The van der Waals surface area contributed by atoms with Crippen LogP contribution in [0.2, 0.25) is 0 Å². The second-order valence-corrected chi connectivity index (χ2v) is 7.16. The maximum atomic E-state index is 10.8. The molecular formula is C20H35N3O3. The minimum atomic E-state index is -0.719. The van der Waals surface area contributed by atoms with Crippen molar-refractivity contribution in [3.05, 3.63) is 24.2 Å². The number of nitrogens with zero attached hydrogens (tertiary/aromatic N) is 1. The third kappa shape index (κ3) is 7.38. The summed E-state index contributed by atoms with van der Waals surface area (Å²) in [6.45, 7) is 6.93. The summed E-state index contributed by atoms with van der Waals surface area (Å²) in [4.78, 5) is 4.67. The van der Waals surface area contributed by atoms with E-state index in [1.807, 2.05) is 12.1 Å². The van der Waals surface area contributed by atoms with Gasteiger partial charge < -0.3 is 24.9 Å². The van der Waals surface area contributed by atoms with Gasteiger partial charge in [-0.25, -0.2) is 0 Å². The van der Waals surface area contributed by atoms with Crippen molar-refractivity contribution in [2.24, 2.45) is 4.99 Å². The van der Waals surface area contributed by atoms with E-state index in [1.165, 1.54) is 0 Å². The van der Waals surface area contributed by atoms with Crippen molar-refractivity contribution in [3.8, 4) is 0 Å². The Bertz CT molecular complexity index is 504. The fraction of sp³-hybridized carbons (Fsp3) is 0.750. The van der Waals surface area contributed by atoms with Gasteiger partial charge in [0.25, 0.3) is 0 Å². The Labute approximate surface area is 157 Å². The van der Waals surface area contributed by atoms with Crippen LogP contribution < -0.4 is 10.6 Å². The van der Waals surface area contributed by atoms with Crippen LogP contribution in [0.4, 0.5) is 0 Å². The molecule has 1 aromatic heterocycles. The van der Waals surface area contributed by atoms with Crippen molar-refractivity contribution < 1.29 is 14.3 Å². The van der Waals surface area contributed by atoms with Crippen molar-refractivity contribution in [2.75, 3.05) is 26.2 Å². The van der Waals surface area contributed by atoms with Gasteiger partial charge in [-0.2, -0.15) is 0 Å². The standard InChI is InChI=1S/C20H35N3O3/c1-3-10-20(24,11-4-2)16-23-19(22-15-18-8-6-14-26-18)21-12-9-17-7-5-13-25-17/h5,7,13,18,24H,3-4,6,8-12,14-16H2,1-2H3,(H2,21,22,23). The smallest absolute Gasteiger partial charge is 0.191 e. The van der Waals surface area contributed by atoms with E-state index in [9.17, 15) is 5.11 Å². The van der Waals surface area contributed by atoms with Crippen LogP contribution >= 0.6 is 0 Å². The lowest BCUT2D eigenvalue weighted by Crippen LogP contribution is -2.43. The average Bonchev–Trinajstić information content (AvgIpc) is 3.31. The molecule has 1 aliphatic heterocycles. The fourth-order valence-corrected chi connectivity index (χ4v) is 3.39. The monoisotopic (exact) mass is 365 g/mol. The van der Waals surface area contributed by atoms with Gasteiger partial charge in [-0.15, -0.1) is 0 Å². The van der Waals surface area contributed by atoms with Gasteiger partial charge in [0.2, 0.25) is 0 Å². The van der Waals surface area contributed by atoms with Crippen molar-refractivity contribution in [1.82, 2.24) is 10.6 Å². The van der Waals surface area contributed by atoms with Crippen molar-refractivity contribution in [1.29, 1.82) is 0 Å². The van der Waals surface area contributed by atoms with Crippen LogP contribution in [0.1, 0.15) is 58.1 Å². The maximum Gasteiger partial charge on any atom is 0.191 e. The molecule has 2 heterocycles. The highest BCUT2D eigenvalue weighted by molar-refractivity contribution is 5.79. The molecule has 0 aromatic carbocycles. The molecule has 3 N–H and O–H groups in total. The maximum absolute atomic E-state index is 10.8. The first-order valence-corrected chi connectivity index (χ1v) is 10.0. The summed E-state index contributed by atoms with van der Waals surface area (Å²) in [7, 11) is 0. The topological polar surface area (TPSA) is 79.0 Å². The number of ether oxygens (including phenoxy) is 1. The molecule has 0 saturated carbocycles. The second kappa shape index (κ2) is 11.2. The first-order chi connectivity index (χ1) is 12.6. The molecule has 1 saturated heterocycles. The average molecular weight is 366 g/mol. The number of guanidine groups is 1. The van der Waals surface area contributed by atoms with E-state index in [0.29, 0.717) is 6.54 Å². The summed E-state index contributed by atoms with van der Waals surface area (Å²) in [5, 5.41) is 17.5. The van der Waals surface area contributed by atoms with Crippen molar-refractivity contribution in [2.45, 2.75) is 70.5 Å². The number of rotatable bonds is 11. The lowest BCUT2D eigenvalue weighted by molar-refractivity contribution is 0.0305. The van der Waals surface area contributed by atoms with E-state index in [-0.39, 0.29) is 6.10 Å². The Hall–Kier alpha value is -1.53. The summed E-state index contributed by atoms with van der Waals surface area (Å²) < 4.78 is 11.1. The normalized spacial score (nSPS) is 18.3. The molecule has 1 unspecified atom stereocenters. The second-order valence-electron chi connectivity index (χ2n) is 7.16. The Morgan fingerprint density at radius 1 is 1.31 bits per heavy atom. The first-order valence-electron chi connectivity index (χ1n) is 10.0. The molecule has 6 heteroatoms. The highest BCUT2D eigenvalue weighted by Gasteiger charge is 2.24. The van der Waals surface area contributed by atoms with Gasteiger partial charge in [0.1, 0.15) is 5.76 Å². The van der Waals surface area contributed by atoms with Gasteiger partial charge in [-0.05, 0) is 37.8 Å². The Kier molecular flexibility index (Phi) is 8.98. The number of aliphatic hydroxyl groups is 1. The number of nitrogens with one attached hydrogen (secondary N) is 2. The van der Waals surface area contributed by atoms with Crippen LogP contribution in [-0.4, -0.2) is 49.0 Å². The minimum absolute atomic E-state index is 0.247. The van der Waals surface area contributed by atoms with Crippen LogP contribution in [0.15, 0.2) is 27.8 Å². The van der Waals surface area contributed by atoms with E-state index in [1.54, 1.807) is 6.26 Å². The quantitative estimate of drug-likeness (QED) is 0.415. The predicted octanol–water partition coefficient (Wildman–Crippen LogP) is 2.87. The highest BCUT2D eigenvalue weighted by atomic mass is 16.5. The van der Waals surface area contributed by atoms with Gasteiger partial charge in [0.05, 0.1) is 24.5 Å². The van der Waals surface area contributed by atoms with Crippen LogP contribution in [0, 0.1) is 0 Å². The zero-order valence-electron chi connectivity index (χ0n) is 16.3. The van der Waals surface area contributed by atoms with Gasteiger partial charge in [-0.3, -0.25) is 4.99 Å². The third-order valence-electron chi connectivity index (χ3n) is 4.73. The van der Waals surface area contributed by atoms with Crippen molar-refractivity contribution in [3.63, 3.8) is 0 Å². The zero-order valence-corrected chi connectivity index (χ0v) is 16.3. The highest BCUT2D eigenvalue weighted by Crippen LogP contribution is 2.19. The summed E-state index contributed by atoms with van der Waals surface area (Å²) in [6.07, 6.45) is 8.40. The molecule has 6 nitrogen and oxygen atoms in total. The molecule has 0 bridgehead atoms. The van der Waals surface area contributed by atoms with E-state index in [4.69, 9.17) is 9.15 Å². The van der Waals surface area contributed by atoms with Gasteiger partial charge >= 0.3 is 0 Å². The van der Waals surface area contributed by atoms with E-state index in [0.717, 1.165) is 76.4 Å². The molecule has 0 spiro atoms. The van der Waals surface area contributed by atoms with E-state index in [2.05, 4.69) is 29.5 Å². The largest absolute Gasteiger partial charge is 0.469 e. The van der Waals surface area contributed by atoms with Gasteiger partial charge in [0, 0.05) is 26.1 Å². The van der Waals surface area contributed by atoms with Crippen LogP contribution in [-0.2, 0) is 11.2 Å². The van der Waals surface area contributed by atoms with Crippen molar-refractivity contribution >= 4 is 5.96 Å². The zero-order chi connectivity index (χ0) is 18.7. The molecule has 26 heavy (non-hydrogen) atoms. The van der Waals surface area contributed by atoms with Gasteiger partial charge in [-0.1, -0.05) is 26.7 Å². The molecule has 0 radical (unpaired) electrons. The molecule has 2 rings (SSSR count). The van der Waals surface area contributed by atoms with Gasteiger partial charge in [0.15, 0.2) is 5.96 Å². The van der Waals surface area contributed by atoms with Crippen LogP contribution in [0.3, 0.4) is 0 Å². The molecule has 148 valence electrons. The molecular weight excluding hydrogens is 330 g/mol. The molecule has 1 atom stereocenters. The summed E-state index contributed by atoms with van der Waals surface area (Å²) >= 11 is 0. The number of furan rings is 1. The number of hydrogen-bond acceptors (Lipinski definition) is 4. The molecule has 1 fully saturated rings. The molecule has 0 aliphatic carbocycles. The van der Waals surface area contributed by atoms with E-state index >= 15 is 0 Å². The number of aliphatic imine (C=N–C) groups is 1. The number of hydrogen-bond donors (Lipinski definition) is 3. The Morgan fingerprint density at radius 2 is 2.12 bits per heavy atom. The van der Waals surface area contributed by atoms with Crippen LogP contribution in [0.5, 0.6) is 0 Å². The lowest BCUT2D eigenvalue weighted by Gasteiger charge is -2.26. The fourth-order valence-electron chi connectivity index (χ4n) is 3.39. The third-order valence-corrected chi connectivity index (χ3v) is 4.73. The predicted molar refractivity (Wildman–Crippen MR) is 104 cm³/mol. The molecule has 1 aliphatic rings. The SMILES string of the molecule is CCCC(O)(CCC)CN=C(NCCc1ccco1)NCC1CCCO1. The lowest BCUT2D eigenvalue weighted by atomic mass is 9.93. The minimum Gasteiger partial charge on any atom is -0.469 e. The van der Waals surface area contributed by atoms with Crippen LogP contribution in [0.25, 0.3) is 0 Å². The summed E-state index contributed by atoms with van der Waals surface area (Å²) in [5.74, 6) is 1.68. The molecule has 0 amide bonds. The summed E-state index contributed by atoms with van der Waals surface area (Å²) in [6, 6.07) is 3.87. The molecule has 1 aromatic rings. The first kappa shape index (κ1) is 20.8. The Balaban J connectivity index is 1.90.